The van der Waals surface area contributed by atoms with Gasteiger partial charge < -0.3 is 10.1 Å². The smallest absolute Gasteiger partial charge is 0.338 e. The number of benzene rings is 2. The van der Waals surface area contributed by atoms with Crippen LogP contribution in [-0.2, 0) is 15.3 Å². The van der Waals surface area contributed by atoms with Gasteiger partial charge in [0, 0.05) is 22.5 Å². The maximum Gasteiger partial charge on any atom is 0.338 e. The molecule has 0 fully saturated rings. The van der Waals surface area contributed by atoms with Crippen LogP contribution in [0.3, 0.4) is 0 Å². The zero-order valence-electron chi connectivity index (χ0n) is 15.6. The number of aromatic nitrogens is 1. The van der Waals surface area contributed by atoms with Gasteiger partial charge in [-0.2, -0.15) is 0 Å². The van der Waals surface area contributed by atoms with Gasteiger partial charge in [0.2, 0.25) is 0 Å². The molecule has 7 heteroatoms. The number of nitrogens with zero attached hydrogens (tertiary/aromatic N) is 1. The van der Waals surface area contributed by atoms with Gasteiger partial charge in [0.25, 0.3) is 5.91 Å². The third-order valence-corrected chi connectivity index (χ3v) is 6.04. The molecule has 1 aromatic heterocycles. The van der Waals surface area contributed by atoms with Gasteiger partial charge in [0.05, 0.1) is 5.56 Å². The van der Waals surface area contributed by atoms with Crippen molar-refractivity contribution < 1.29 is 14.3 Å². The Kier molecular flexibility index (Phi) is 6.84. The standard InChI is InChI=1S/C21H20N2O3S2/c1-14-7-9-17(10-8-14)23-19(24)11-26-20(25)18-6-4-3-5-16(18)13-28-21-22-15(2)12-27-21/h3-10,12H,11,13H2,1-2H3,(H,23,24). The number of esters is 1. The van der Waals surface area contributed by atoms with E-state index in [9.17, 15) is 9.59 Å². The summed E-state index contributed by atoms with van der Waals surface area (Å²) in [5.74, 6) is -0.277. The number of rotatable bonds is 7. The predicted molar refractivity (Wildman–Crippen MR) is 113 cm³/mol. The Morgan fingerprint density at radius 2 is 1.86 bits per heavy atom. The number of amides is 1. The summed E-state index contributed by atoms with van der Waals surface area (Å²) in [6.07, 6.45) is 0. The van der Waals surface area contributed by atoms with Crippen molar-refractivity contribution in [3.63, 3.8) is 0 Å². The first-order valence-corrected chi connectivity index (χ1v) is 10.5. The molecular weight excluding hydrogens is 392 g/mol. The quantitative estimate of drug-likeness (QED) is 0.444. The number of thiazole rings is 1. The molecule has 1 heterocycles. The zero-order valence-corrected chi connectivity index (χ0v) is 17.2. The number of carbonyl (C=O) groups is 2. The van der Waals surface area contributed by atoms with Gasteiger partial charge >= 0.3 is 5.97 Å². The average Bonchev–Trinajstić information content (AvgIpc) is 3.12. The van der Waals surface area contributed by atoms with Gasteiger partial charge in [-0.25, -0.2) is 9.78 Å². The van der Waals surface area contributed by atoms with E-state index in [1.54, 1.807) is 35.2 Å². The van der Waals surface area contributed by atoms with E-state index >= 15 is 0 Å². The molecule has 0 saturated carbocycles. The lowest BCUT2D eigenvalue weighted by atomic mass is 10.1. The fourth-order valence-corrected chi connectivity index (χ4v) is 4.28. The van der Waals surface area contributed by atoms with E-state index in [-0.39, 0.29) is 12.5 Å². The van der Waals surface area contributed by atoms with Crippen LogP contribution in [0.25, 0.3) is 0 Å². The first-order valence-electron chi connectivity index (χ1n) is 8.68. The lowest BCUT2D eigenvalue weighted by molar-refractivity contribution is -0.119. The number of anilines is 1. The Morgan fingerprint density at radius 3 is 2.57 bits per heavy atom. The van der Waals surface area contributed by atoms with E-state index in [4.69, 9.17) is 4.74 Å². The van der Waals surface area contributed by atoms with E-state index in [0.29, 0.717) is 17.0 Å². The molecule has 0 spiro atoms. The van der Waals surface area contributed by atoms with Gasteiger partial charge in [-0.1, -0.05) is 47.7 Å². The summed E-state index contributed by atoms with van der Waals surface area (Å²) < 4.78 is 6.17. The van der Waals surface area contributed by atoms with Crippen LogP contribution >= 0.6 is 23.1 Å². The van der Waals surface area contributed by atoms with Crippen LogP contribution in [-0.4, -0.2) is 23.5 Å². The van der Waals surface area contributed by atoms with Crippen molar-refractivity contribution in [3.05, 3.63) is 76.3 Å². The summed E-state index contributed by atoms with van der Waals surface area (Å²) in [5, 5.41) is 4.71. The molecule has 0 saturated heterocycles. The molecule has 1 amide bonds. The molecule has 0 aliphatic carbocycles. The van der Waals surface area contributed by atoms with Gasteiger partial charge in [0.15, 0.2) is 6.61 Å². The topological polar surface area (TPSA) is 68.3 Å². The highest BCUT2D eigenvalue weighted by Gasteiger charge is 2.15. The second kappa shape index (κ2) is 9.52. The third kappa shape index (κ3) is 5.68. The largest absolute Gasteiger partial charge is 0.452 e. The first kappa shape index (κ1) is 20.1. The summed E-state index contributed by atoms with van der Waals surface area (Å²) in [6, 6.07) is 14.7. The van der Waals surface area contributed by atoms with Gasteiger partial charge in [0.1, 0.15) is 4.34 Å². The third-order valence-electron chi connectivity index (χ3n) is 3.86. The molecule has 0 unspecified atom stereocenters. The molecule has 1 N–H and O–H groups in total. The SMILES string of the molecule is Cc1ccc(NC(=O)COC(=O)c2ccccc2CSc2nc(C)cs2)cc1. The first-order chi connectivity index (χ1) is 13.5. The number of ether oxygens (including phenoxy) is 1. The van der Waals surface area contributed by atoms with E-state index < -0.39 is 5.97 Å². The molecule has 2 aromatic carbocycles. The van der Waals surface area contributed by atoms with Crippen molar-refractivity contribution in [3.8, 4) is 0 Å². The molecule has 0 radical (unpaired) electrons. The minimum atomic E-state index is -0.509. The van der Waals surface area contributed by atoms with E-state index in [1.807, 2.05) is 55.6 Å². The monoisotopic (exact) mass is 412 g/mol. The summed E-state index contributed by atoms with van der Waals surface area (Å²) in [4.78, 5) is 28.9. The molecule has 5 nitrogen and oxygen atoms in total. The Balaban J connectivity index is 1.56. The highest BCUT2D eigenvalue weighted by molar-refractivity contribution is 8.00. The fraction of sp³-hybridized carbons (Fsp3) is 0.190. The van der Waals surface area contributed by atoms with Gasteiger partial charge in [-0.05, 0) is 37.6 Å². The maximum atomic E-state index is 12.5. The molecule has 0 aliphatic heterocycles. The lowest BCUT2D eigenvalue weighted by Gasteiger charge is -2.09. The number of thioether (sulfide) groups is 1. The summed E-state index contributed by atoms with van der Waals surface area (Å²) in [5.41, 5.74) is 4.07. The molecule has 0 bridgehead atoms. The van der Waals surface area contributed by atoms with Crippen molar-refractivity contribution in [2.75, 3.05) is 11.9 Å². The molecule has 144 valence electrons. The number of hydrogen-bond acceptors (Lipinski definition) is 6. The second-order valence-electron chi connectivity index (χ2n) is 6.19. The van der Waals surface area contributed by atoms with Crippen LogP contribution in [0.1, 0.15) is 27.2 Å². The van der Waals surface area contributed by atoms with Crippen LogP contribution in [0.2, 0.25) is 0 Å². The molecule has 0 aliphatic rings. The Morgan fingerprint density at radius 1 is 1.11 bits per heavy atom. The van der Waals surface area contributed by atoms with E-state index in [1.165, 1.54) is 0 Å². The van der Waals surface area contributed by atoms with E-state index in [0.717, 1.165) is 21.2 Å². The molecule has 3 rings (SSSR count). The number of aryl methyl sites for hydroxylation is 2. The van der Waals surface area contributed by atoms with Crippen molar-refractivity contribution in [2.24, 2.45) is 0 Å². The van der Waals surface area contributed by atoms with Crippen LogP contribution in [0, 0.1) is 13.8 Å². The van der Waals surface area contributed by atoms with Crippen LogP contribution in [0.5, 0.6) is 0 Å². The second-order valence-corrected chi connectivity index (χ2v) is 8.27. The number of carbonyl (C=O) groups excluding carboxylic acids is 2. The lowest BCUT2D eigenvalue weighted by Crippen LogP contribution is -2.21. The molecule has 28 heavy (non-hydrogen) atoms. The highest BCUT2D eigenvalue weighted by Crippen LogP contribution is 2.27. The molecule has 3 aromatic rings. The Bertz CT molecular complexity index is 968. The summed E-state index contributed by atoms with van der Waals surface area (Å²) in [6.45, 7) is 3.59. The van der Waals surface area contributed by atoms with Gasteiger partial charge in [-0.3, -0.25) is 4.79 Å². The predicted octanol–water partition coefficient (Wildman–Crippen LogP) is 4.85. The number of hydrogen-bond donors (Lipinski definition) is 1. The van der Waals surface area contributed by atoms with Crippen LogP contribution in [0.4, 0.5) is 5.69 Å². The highest BCUT2D eigenvalue weighted by atomic mass is 32.2. The molecule has 0 atom stereocenters. The van der Waals surface area contributed by atoms with Crippen LogP contribution in [0.15, 0.2) is 58.3 Å². The normalized spacial score (nSPS) is 10.5. The van der Waals surface area contributed by atoms with E-state index in [2.05, 4.69) is 10.3 Å². The fourth-order valence-electron chi connectivity index (χ4n) is 2.43. The minimum Gasteiger partial charge on any atom is -0.452 e. The van der Waals surface area contributed by atoms with Crippen molar-refractivity contribution in [1.82, 2.24) is 4.98 Å². The van der Waals surface area contributed by atoms with Crippen molar-refractivity contribution in [1.29, 1.82) is 0 Å². The average molecular weight is 413 g/mol. The van der Waals surface area contributed by atoms with Crippen molar-refractivity contribution in [2.45, 2.75) is 23.9 Å². The van der Waals surface area contributed by atoms with Crippen LogP contribution < -0.4 is 5.32 Å². The Hall–Kier alpha value is -2.64. The van der Waals surface area contributed by atoms with Crippen molar-refractivity contribution >= 4 is 40.7 Å². The Labute approximate surface area is 172 Å². The number of nitrogens with one attached hydrogen (secondary N) is 1. The summed E-state index contributed by atoms with van der Waals surface area (Å²) in [7, 11) is 0. The zero-order chi connectivity index (χ0) is 19.9. The minimum absolute atomic E-state index is 0.333. The maximum absolute atomic E-state index is 12.5. The van der Waals surface area contributed by atoms with Gasteiger partial charge in [-0.15, -0.1) is 11.3 Å². The molecular formula is C21H20N2O3S2. The summed E-state index contributed by atoms with van der Waals surface area (Å²) >= 11 is 3.16.